The summed E-state index contributed by atoms with van der Waals surface area (Å²) < 4.78 is 38.3. The van der Waals surface area contributed by atoms with Gasteiger partial charge in [-0.2, -0.15) is 13.2 Å². The van der Waals surface area contributed by atoms with E-state index >= 15 is 0 Å². The molecule has 16 heavy (non-hydrogen) atoms. The average Bonchev–Trinajstić information content (AvgIpc) is 2.06. The molecule has 0 heterocycles. The lowest BCUT2D eigenvalue weighted by Crippen LogP contribution is -2.12. The summed E-state index contributed by atoms with van der Waals surface area (Å²) in [6.07, 6.45) is -4.40. The summed E-state index contributed by atoms with van der Waals surface area (Å²) in [4.78, 5) is 10.8. The van der Waals surface area contributed by atoms with Crippen molar-refractivity contribution in [1.29, 1.82) is 0 Å². The van der Waals surface area contributed by atoms with Crippen LogP contribution in [0.3, 0.4) is 0 Å². The molecule has 0 fully saturated rings. The molecule has 0 radical (unpaired) electrons. The summed E-state index contributed by atoms with van der Waals surface area (Å²) in [5.74, 6) is -0.394. The Labute approximate surface area is 104 Å². The predicted molar refractivity (Wildman–Crippen MR) is 63.2 cm³/mol. The Morgan fingerprint density at radius 3 is 2.38 bits per heavy atom. The molecule has 2 nitrogen and oxygen atoms in total. The highest BCUT2D eigenvalue weighted by atomic mass is 127. The monoisotopic (exact) mass is 343 g/mol. The van der Waals surface area contributed by atoms with Crippen molar-refractivity contribution < 1.29 is 18.0 Å². The van der Waals surface area contributed by atoms with Gasteiger partial charge in [-0.05, 0) is 47.2 Å². The maximum absolute atomic E-state index is 12.6. The van der Waals surface area contributed by atoms with E-state index in [4.69, 9.17) is 0 Å². The van der Waals surface area contributed by atoms with Crippen molar-refractivity contribution >= 4 is 34.2 Å². The van der Waals surface area contributed by atoms with E-state index in [1.54, 1.807) is 0 Å². The van der Waals surface area contributed by atoms with Gasteiger partial charge < -0.3 is 5.32 Å². The minimum Gasteiger partial charge on any atom is -0.325 e. The van der Waals surface area contributed by atoms with Crippen LogP contribution in [0, 0.1) is 10.5 Å². The first-order valence-electron chi connectivity index (χ1n) is 4.36. The fourth-order valence-corrected chi connectivity index (χ4v) is 2.02. The number of alkyl halides is 3. The zero-order valence-electron chi connectivity index (χ0n) is 8.57. The normalized spacial score (nSPS) is 11.4. The number of carbonyl (C=O) groups is 1. The largest absolute Gasteiger partial charge is 0.416 e. The van der Waals surface area contributed by atoms with Crippen molar-refractivity contribution in [3.05, 3.63) is 26.8 Å². The van der Waals surface area contributed by atoms with Crippen molar-refractivity contribution in [1.82, 2.24) is 0 Å². The Kier molecular flexibility index (Phi) is 3.82. The molecular weight excluding hydrogens is 334 g/mol. The van der Waals surface area contributed by atoms with Crippen LogP contribution in [0.5, 0.6) is 0 Å². The summed E-state index contributed by atoms with van der Waals surface area (Å²) in [5, 5.41) is 2.37. The third-order valence-electron chi connectivity index (χ3n) is 1.93. The summed E-state index contributed by atoms with van der Waals surface area (Å²) >= 11 is 1.88. The standard InChI is InChI=1S/C10H9F3INO/c1-5-3-8(14)9(15-6(2)16)4-7(5)10(11,12)13/h3-4H,1-2H3,(H,15,16). The van der Waals surface area contributed by atoms with Crippen LogP contribution in [-0.2, 0) is 11.0 Å². The van der Waals surface area contributed by atoms with E-state index < -0.39 is 17.6 Å². The van der Waals surface area contributed by atoms with Gasteiger partial charge in [-0.3, -0.25) is 4.79 Å². The van der Waals surface area contributed by atoms with Crippen molar-refractivity contribution in [3.63, 3.8) is 0 Å². The van der Waals surface area contributed by atoms with E-state index in [-0.39, 0.29) is 11.3 Å². The van der Waals surface area contributed by atoms with Gasteiger partial charge >= 0.3 is 6.18 Å². The van der Waals surface area contributed by atoms with E-state index in [9.17, 15) is 18.0 Å². The molecule has 0 spiro atoms. The third-order valence-corrected chi connectivity index (χ3v) is 2.82. The van der Waals surface area contributed by atoms with Gasteiger partial charge in [0.15, 0.2) is 0 Å². The zero-order chi connectivity index (χ0) is 12.5. The van der Waals surface area contributed by atoms with Crippen LogP contribution in [0.4, 0.5) is 18.9 Å². The van der Waals surface area contributed by atoms with Gasteiger partial charge in [-0.1, -0.05) is 0 Å². The van der Waals surface area contributed by atoms with Gasteiger partial charge in [-0.15, -0.1) is 0 Å². The molecule has 1 amide bonds. The summed E-state index contributed by atoms with van der Waals surface area (Å²) in [6.45, 7) is 2.64. The Hall–Kier alpha value is -0.790. The van der Waals surface area contributed by atoms with E-state index in [0.29, 0.717) is 3.57 Å². The molecule has 0 atom stereocenters. The number of anilines is 1. The Balaban J connectivity index is 3.27. The molecule has 0 saturated carbocycles. The lowest BCUT2D eigenvalue weighted by Gasteiger charge is -2.14. The van der Waals surface area contributed by atoms with Crippen LogP contribution in [-0.4, -0.2) is 5.91 Å². The van der Waals surface area contributed by atoms with Crippen molar-refractivity contribution in [2.45, 2.75) is 20.0 Å². The van der Waals surface area contributed by atoms with Gasteiger partial charge in [0.05, 0.1) is 11.3 Å². The third kappa shape index (κ3) is 3.10. The topological polar surface area (TPSA) is 29.1 Å². The first-order valence-corrected chi connectivity index (χ1v) is 5.44. The second kappa shape index (κ2) is 4.60. The molecule has 0 aliphatic carbocycles. The first-order chi connectivity index (χ1) is 7.21. The van der Waals surface area contributed by atoms with Crippen molar-refractivity contribution in [2.75, 3.05) is 5.32 Å². The molecular formula is C10H9F3INO. The molecule has 1 aromatic rings. The van der Waals surface area contributed by atoms with Gasteiger partial charge in [0.2, 0.25) is 5.91 Å². The SMILES string of the molecule is CC(=O)Nc1cc(C(F)(F)F)c(C)cc1I. The molecule has 1 rings (SSSR count). The number of benzene rings is 1. The molecule has 0 aliphatic heterocycles. The first kappa shape index (κ1) is 13.3. The molecule has 0 saturated heterocycles. The van der Waals surface area contributed by atoms with Crippen LogP contribution in [0.25, 0.3) is 0 Å². The molecule has 0 bridgehead atoms. The molecule has 0 aromatic heterocycles. The highest BCUT2D eigenvalue weighted by Gasteiger charge is 2.33. The summed E-state index contributed by atoms with van der Waals surface area (Å²) in [7, 11) is 0. The highest BCUT2D eigenvalue weighted by molar-refractivity contribution is 14.1. The molecule has 1 N–H and O–H groups in total. The number of nitrogens with one attached hydrogen (secondary N) is 1. The minimum atomic E-state index is -4.40. The number of aryl methyl sites for hydroxylation is 1. The van der Waals surface area contributed by atoms with E-state index in [1.165, 1.54) is 19.9 Å². The maximum Gasteiger partial charge on any atom is 0.416 e. The molecule has 1 aromatic carbocycles. The number of carbonyl (C=O) groups excluding carboxylic acids is 1. The highest BCUT2D eigenvalue weighted by Crippen LogP contribution is 2.35. The Morgan fingerprint density at radius 2 is 1.94 bits per heavy atom. The van der Waals surface area contributed by atoms with Crippen molar-refractivity contribution in [2.24, 2.45) is 0 Å². The Morgan fingerprint density at radius 1 is 1.38 bits per heavy atom. The van der Waals surface area contributed by atoms with Gasteiger partial charge in [0.25, 0.3) is 0 Å². The zero-order valence-corrected chi connectivity index (χ0v) is 10.7. The fourth-order valence-electron chi connectivity index (χ4n) is 1.26. The average molecular weight is 343 g/mol. The van der Waals surface area contributed by atoms with Gasteiger partial charge in [0.1, 0.15) is 0 Å². The van der Waals surface area contributed by atoms with Crippen molar-refractivity contribution in [3.8, 4) is 0 Å². The lowest BCUT2D eigenvalue weighted by molar-refractivity contribution is -0.138. The molecule has 0 aliphatic rings. The molecule has 0 unspecified atom stereocenters. The fraction of sp³-hybridized carbons (Fsp3) is 0.300. The van der Waals surface area contributed by atoms with Crippen LogP contribution in [0.15, 0.2) is 12.1 Å². The van der Waals surface area contributed by atoms with E-state index in [2.05, 4.69) is 5.32 Å². The maximum atomic E-state index is 12.6. The van der Waals surface area contributed by atoms with E-state index in [1.807, 2.05) is 22.6 Å². The summed E-state index contributed by atoms with van der Waals surface area (Å²) in [5.41, 5.74) is -0.395. The predicted octanol–water partition coefficient (Wildman–Crippen LogP) is 3.58. The Bertz CT molecular complexity index is 429. The van der Waals surface area contributed by atoms with E-state index in [0.717, 1.165) is 6.07 Å². The number of halogens is 4. The van der Waals surface area contributed by atoms with Crippen LogP contribution in [0.1, 0.15) is 18.1 Å². The summed E-state index contributed by atoms with van der Waals surface area (Å²) in [6, 6.07) is 2.35. The molecule has 88 valence electrons. The lowest BCUT2D eigenvalue weighted by atomic mass is 10.1. The number of amides is 1. The van der Waals surface area contributed by atoms with Crippen LogP contribution in [0.2, 0.25) is 0 Å². The van der Waals surface area contributed by atoms with Gasteiger partial charge in [-0.25, -0.2) is 0 Å². The number of hydrogen-bond acceptors (Lipinski definition) is 1. The van der Waals surface area contributed by atoms with Crippen LogP contribution < -0.4 is 5.32 Å². The molecule has 6 heteroatoms. The van der Waals surface area contributed by atoms with Gasteiger partial charge in [0, 0.05) is 10.5 Å². The second-order valence-electron chi connectivity index (χ2n) is 3.33. The van der Waals surface area contributed by atoms with Crippen LogP contribution >= 0.6 is 22.6 Å². The minimum absolute atomic E-state index is 0.144. The smallest absolute Gasteiger partial charge is 0.325 e. The second-order valence-corrected chi connectivity index (χ2v) is 4.49. The number of hydrogen-bond donors (Lipinski definition) is 1. The number of rotatable bonds is 1. The quantitative estimate of drug-likeness (QED) is 0.776.